The highest BCUT2D eigenvalue weighted by Gasteiger charge is 2.34. The first kappa shape index (κ1) is 7.85. The van der Waals surface area contributed by atoms with Crippen LogP contribution in [0.5, 0.6) is 0 Å². The SMILES string of the molecule is CN1C(=O)CC2CNc3cccc1c32. The quantitative estimate of drug-likeness (QED) is 0.670. The molecule has 3 heteroatoms. The van der Waals surface area contributed by atoms with Crippen LogP contribution in [0.25, 0.3) is 0 Å². The van der Waals surface area contributed by atoms with Crippen LogP contribution in [0.2, 0.25) is 0 Å². The van der Waals surface area contributed by atoms with Crippen molar-refractivity contribution in [1.29, 1.82) is 0 Å². The molecule has 14 heavy (non-hydrogen) atoms. The van der Waals surface area contributed by atoms with Crippen molar-refractivity contribution in [3.63, 3.8) is 0 Å². The molecule has 0 bridgehead atoms. The second-order valence-electron chi connectivity index (χ2n) is 3.97. The highest BCUT2D eigenvalue weighted by Crippen LogP contribution is 2.43. The van der Waals surface area contributed by atoms with Crippen molar-refractivity contribution in [3.8, 4) is 0 Å². The minimum Gasteiger partial charge on any atom is -0.384 e. The fourth-order valence-corrected chi connectivity index (χ4v) is 2.42. The normalized spacial score (nSPS) is 23.4. The Morgan fingerprint density at radius 3 is 3.21 bits per heavy atom. The Bertz CT molecular complexity index is 414. The maximum atomic E-state index is 11.6. The first-order valence-electron chi connectivity index (χ1n) is 4.90. The topological polar surface area (TPSA) is 32.3 Å². The second-order valence-corrected chi connectivity index (χ2v) is 3.97. The number of carbonyl (C=O) groups is 1. The fourth-order valence-electron chi connectivity index (χ4n) is 2.42. The van der Waals surface area contributed by atoms with Gasteiger partial charge in [0.25, 0.3) is 0 Å². The monoisotopic (exact) mass is 188 g/mol. The summed E-state index contributed by atoms with van der Waals surface area (Å²) in [5.74, 6) is 0.619. The molecule has 0 saturated carbocycles. The van der Waals surface area contributed by atoms with E-state index in [0.29, 0.717) is 12.3 Å². The number of carbonyl (C=O) groups excluding carboxylic acids is 1. The third-order valence-electron chi connectivity index (χ3n) is 3.19. The fraction of sp³-hybridized carbons (Fsp3) is 0.364. The van der Waals surface area contributed by atoms with Gasteiger partial charge in [-0.3, -0.25) is 4.79 Å². The summed E-state index contributed by atoms with van der Waals surface area (Å²) in [5, 5.41) is 3.34. The largest absolute Gasteiger partial charge is 0.384 e. The maximum absolute atomic E-state index is 11.6. The van der Waals surface area contributed by atoms with E-state index >= 15 is 0 Å². The van der Waals surface area contributed by atoms with Gasteiger partial charge in [-0.05, 0) is 12.1 Å². The van der Waals surface area contributed by atoms with Crippen LogP contribution in [-0.4, -0.2) is 19.5 Å². The molecule has 0 saturated heterocycles. The first-order chi connectivity index (χ1) is 6.77. The molecular weight excluding hydrogens is 176 g/mol. The average Bonchev–Trinajstić information content (AvgIpc) is 2.59. The zero-order valence-corrected chi connectivity index (χ0v) is 8.08. The smallest absolute Gasteiger partial charge is 0.227 e. The van der Waals surface area contributed by atoms with Crippen molar-refractivity contribution in [2.75, 3.05) is 23.8 Å². The lowest BCUT2D eigenvalue weighted by Gasteiger charge is -2.28. The Hall–Kier alpha value is -1.51. The molecule has 2 heterocycles. The van der Waals surface area contributed by atoms with Crippen molar-refractivity contribution in [1.82, 2.24) is 0 Å². The second kappa shape index (κ2) is 2.50. The van der Waals surface area contributed by atoms with Gasteiger partial charge >= 0.3 is 0 Å². The number of hydrogen-bond acceptors (Lipinski definition) is 2. The molecule has 1 atom stereocenters. The summed E-state index contributed by atoms with van der Waals surface area (Å²) < 4.78 is 0. The molecule has 3 rings (SSSR count). The van der Waals surface area contributed by atoms with E-state index in [9.17, 15) is 4.79 Å². The molecule has 3 nitrogen and oxygen atoms in total. The number of hydrogen-bond donors (Lipinski definition) is 1. The Balaban J connectivity index is 2.24. The zero-order chi connectivity index (χ0) is 9.71. The number of nitrogens with one attached hydrogen (secondary N) is 1. The van der Waals surface area contributed by atoms with Gasteiger partial charge in [0.15, 0.2) is 0 Å². The number of rotatable bonds is 0. The lowest BCUT2D eigenvalue weighted by Crippen LogP contribution is -2.32. The molecule has 0 aliphatic carbocycles. The molecule has 0 spiro atoms. The van der Waals surface area contributed by atoms with Crippen LogP contribution in [0.3, 0.4) is 0 Å². The highest BCUT2D eigenvalue weighted by atomic mass is 16.2. The van der Waals surface area contributed by atoms with Crippen LogP contribution in [0, 0.1) is 0 Å². The van der Waals surface area contributed by atoms with Gasteiger partial charge in [0.05, 0.1) is 0 Å². The Morgan fingerprint density at radius 1 is 1.50 bits per heavy atom. The standard InChI is InChI=1S/C11H12N2O/c1-13-9-4-2-3-8-11(9)7(6-12-8)5-10(13)14/h2-4,7,12H,5-6H2,1H3. The summed E-state index contributed by atoms with van der Waals surface area (Å²) >= 11 is 0. The number of benzene rings is 1. The third kappa shape index (κ3) is 0.842. The summed E-state index contributed by atoms with van der Waals surface area (Å²) in [7, 11) is 1.85. The molecule has 0 fully saturated rings. The molecule has 0 aromatic heterocycles. The van der Waals surface area contributed by atoms with Crippen LogP contribution in [0.4, 0.5) is 11.4 Å². The van der Waals surface area contributed by atoms with Crippen LogP contribution in [0.1, 0.15) is 17.9 Å². The van der Waals surface area contributed by atoms with Gasteiger partial charge in [0.2, 0.25) is 5.91 Å². The summed E-state index contributed by atoms with van der Waals surface area (Å²) in [5.41, 5.74) is 3.61. The van der Waals surface area contributed by atoms with E-state index < -0.39 is 0 Å². The van der Waals surface area contributed by atoms with Gasteiger partial charge in [0, 0.05) is 42.9 Å². The third-order valence-corrected chi connectivity index (χ3v) is 3.19. The van der Waals surface area contributed by atoms with E-state index in [1.165, 1.54) is 11.3 Å². The van der Waals surface area contributed by atoms with E-state index in [1.54, 1.807) is 4.90 Å². The lowest BCUT2D eigenvalue weighted by atomic mass is 9.91. The Morgan fingerprint density at radius 2 is 2.36 bits per heavy atom. The summed E-state index contributed by atoms with van der Waals surface area (Å²) in [6.07, 6.45) is 0.646. The summed E-state index contributed by atoms with van der Waals surface area (Å²) in [6, 6.07) is 6.11. The van der Waals surface area contributed by atoms with Gasteiger partial charge in [-0.15, -0.1) is 0 Å². The van der Waals surface area contributed by atoms with Crippen molar-refractivity contribution < 1.29 is 4.79 Å². The lowest BCUT2D eigenvalue weighted by molar-refractivity contribution is -0.118. The molecule has 1 unspecified atom stereocenters. The molecule has 1 N–H and O–H groups in total. The molecule has 0 radical (unpaired) electrons. The summed E-state index contributed by atoms with van der Waals surface area (Å²) in [6.45, 7) is 0.909. The zero-order valence-electron chi connectivity index (χ0n) is 8.08. The van der Waals surface area contributed by atoms with E-state index in [2.05, 4.69) is 11.4 Å². The van der Waals surface area contributed by atoms with E-state index in [1.807, 2.05) is 19.2 Å². The van der Waals surface area contributed by atoms with Gasteiger partial charge in [-0.25, -0.2) is 0 Å². The molecule has 2 aliphatic rings. The molecule has 72 valence electrons. The van der Waals surface area contributed by atoms with Gasteiger partial charge in [-0.2, -0.15) is 0 Å². The minimum absolute atomic E-state index is 0.225. The van der Waals surface area contributed by atoms with Crippen molar-refractivity contribution >= 4 is 17.3 Å². The molecule has 1 amide bonds. The van der Waals surface area contributed by atoms with Crippen molar-refractivity contribution in [3.05, 3.63) is 23.8 Å². The van der Waals surface area contributed by atoms with E-state index in [4.69, 9.17) is 0 Å². The number of anilines is 2. The van der Waals surface area contributed by atoms with E-state index in [-0.39, 0.29) is 5.91 Å². The van der Waals surface area contributed by atoms with Crippen LogP contribution < -0.4 is 10.2 Å². The number of amides is 1. The van der Waals surface area contributed by atoms with Gasteiger partial charge < -0.3 is 10.2 Å². The van der Waals surface area contributed by atoms with Crippen molar-refractivity contribution in [2.45, 2.75) is 12.3 Å². The minimum atomic E-state index is 0.225. The van der Waals surface area contributed by atoms with Crippen LogP contribution in [0.15, 0.2) is 18.2 Å². The number of nitrogens with zero attached hydrogens (tertiary/aromatic N) is 1. The Kier molecular flexibility index (Phi) is 1.40. The van der Waals surface area contributed by atoms with E-state index in [0.717, 1.165) is 12.2 Å². The maximum Gasteiger partial charge on any atom is 0.227 e. The van der Waals surface area contributed by atoms with Gasteiger partial charge in [-0.1, -0.05) is 6.07 Å². The molecule has 1 aromatic carbocycles. The summed E-state index contributed by atoms with van der Waals surface area (Å²) in [4.78, 5) is 13.4. The van der Waals surface area contributed by atoms with Crippen molar-refractivity contribution in [2.24, 2.45) is 0 Å². The predicted octanol–water partition coefficient (Wildman–Crippen LogP) is 1.56. The molecule has 2 aliphatic heterocycles. The Labute approximate surface area is 82.7 Å². The van der Waals surface area contributed by atoms with Crippen LogP contribution in [-0.2, 0) is 4.79 Å². The first-order valence-corrected chi connectivity index (χ1v) is 4.90. The predicted molar refractivity (Wildman–Crippen MR) is 55.7 cm³/mol. The van der Waals surface area contributed by atoms with Gasteiger partial charge in [0.1, 0.15) is 0 Å². The van der Waals surface area contributed by atoms with Crippen LogP contribution >= 0.6 is 0 Å². The average molecular weight is 188 g/mol. The molecule has 1 aromatic rings. The molecular formula is C11H12N2O. The highest BCUT2D eigenvalue weighted by molar-refractivity contribution is 5.98.